The first-order valence-electron chi connectivity index (χ1n) is 8.31. The van der Waals surface area contributed by atoms with Gasteiger partial charge in [0.05, 0.1) is 5.75 Å². The van der Waals surface area contributed by atoms with E-state index >= 15 is 0 Å². The molecule has 1 fully saturated rings. The molecule has 0 aliphatic carbocycles. The standard InChI is InChI=1S/C16H21ClN4O3S/c17-14-5-3-12(4-6-14)13-7-9-21(10-8-13)25(23,24)11-1-2-15-18-16(22)20-19-15/h3-6,13H,1-2,7-11H2,(H2,18,19,20,22). The summed E-state index contributed by atoms with van der Waals surface area (Å²) < 4.78 is 26.5. The van der Waals surface area contributed by atoms with E-state index in [4.69, 9.17) is 11.6 Å². The molecule has 0 radical (unpaired) electrons. The predicted molar refractivity (Wildman–Crippen MR) is 96.3 cm³/mol. The quantitative estimate of drug-likeness (QED) is 0.794. The molecule has 9 heteroatoms. The molecule has 1 saturated heterocycles. The van der Waals surface area contributed by atoms with E-state index in [0.717, 1.165) is 12.8 Å². The molecule has 25 heavy (non-hydrogen) atoms. The number of rotatable bonds is 6. The summed E-state index contributed by atoms with van der Waals surface area (Å²) in [6, 6.07) is 7.78. The molecule has 136 valence electrons. The van der Waals surface area contributed by atoms with Crippen LogP contribution in [0, 0.1) is 0 Å². The number of nitrogens with one attached hydrogen (secondary N) is 2. The molecule has 7 nitrogen and oxygen atoms in total. The van der Waals surface area contributed by atoms with Gasteiger partial charge < -0.3 is 0 Å². The molecule has 1 aromatic heterocycles. The lowest BCUT2D eigenvalue weighted by Gasteiger charge is -2.31. The minimum absolute atomic E-state index is 0.0630. The van der Waals surface area contributed by atoms with Gasteiger partial charge in [-0.15, -0.1) is 0 Å². The van der Waals surface area contributed by atoms with E-state index in [1.54, 1.807) is 4.31 Å². The second-order valence-electron chi connectivity index (χ2n) is 6.27. The van der Waals surface area contributed by atoms with Crippen LogP contribution < -0.4 is 5.69 Å². The van der Waals surface area contributed by atoms with Crippen molar-refractivity contribution in [3.63, 3.8) is 0 Å². The van der Waals surface area contributed by atoms with Crippen LogP contribution in [0.3, 0.4) is 0 Å². The van der Waals surface area contributed by atoms with E-state index in [9.17, 15) is 13.2 Å². The Morgan fingerprint density at radius 2 is 1.88 bits per heavy atom. The van der Waals surface area contributed by atoms with Crippen LogP contribution in [-0.2, 0) is 16.4 Å². The number of piperidine rings is 1. The molecule has 3 rings (SSSR count). The third kappa shape index (κ3) is 4.71. The van der Waals surface area contributed by atoms with E-state index in [-0.39, 0.29) is 11.4 Å². The van der Waals surface area contributed by atoms with Crippen LogP contribution in [0.2, 0.25) is 5.02 Å². The van der Waals surface area contributed by atoms with Crippen LogP contribution in [0.15, 0.2) is 29.1 Å². The first kappa shape index (κ1) is 18.2. The fourth-order valence-corrected chi connectivity index (χ4v) is 4.84. The SMILES string of the molecule is O=c1[nH]nc(CCCS(=O)(=O)N2CCC(c3ccc(Cl)cc3)CC2)[nH]1. The maximum atomic E-state index is 12.5. The number of aromatic amines is 2. The Morgan fingerprint density at radius 3 is 2.48 bits per heavy atom. The summed E-state index contributed by atoms with van der Waals surface area (Å²) >= 11 is 5.91. The lowest BCUT2D eigenvalue weighted by atomic mass is 9.90. The molecule has 0 bridgehead atoms. The highest BCUT2D eigenvalue weighted by molar-refractivity contribution is 7.89. The monoisotopic (exact) mass is 384 g/mol. The Labute approximate surface area is 151 Å². The summed E-state index contributed by atoms with van der Waals surface area (Å²) in [4.78, 5) is 13.5. The molecule has 0 amide bonds. The molecule has 0 spiro atoms. The maximum absolute atomic E-state index is 12.5. The van der Waals surface area contributed by atoms with Gasteiger partial charge in [0.1, 0.15) is 5.82 Å². The van der Waals surface area contributed by atoms with Gasteiger partial charge in [0.25, 0.3) is 0 Å². The summed E-state index contributed by atoms with van der Waals surface area (Å²) in [5.41, 5.74) is 0.839. The number of halogens is 1. The Morgan fingerprint density at radius 1 is 1.20 bits per heavy atom. The summed E-state index contributed by atoms with van der Waals surface area (Å²) in [6.07, 6.45) is 2.49. The van der Waals surface area contributed by atoms with Crippen LogP contribution in [0.5, 0.6) is 0 Å². The van der Waals surface area contributed by atoms with Crippen molar-refractivity contribution in [2.75, 3.05) is 18.8 Å². The fraction of sp³-hybridized carbons (Fsp3) is 0.500. The largest absolute Gasteiger partial charge is 0.340 e. The topological polar surface area (TPSA) is 98.9 Å². The third-order valence-corrected chi connectivity index (χ3v) is 6.76. The third-order valence-electron chi connectivity index (χ3n) is 4.55. The number of benzene rings is 1. The fourth-order valence-electron chi connectivity index (χ4n) is 3.18. The highest BCUT2D eigenvalue weighted by Crippen LogP contribution is 2.30. The van der Waals surface area contributed by atoms with E-state index < -0.39 is 10.0 Å². The summed E-state index contributed by atoms with van der Waals surface area (Å²) in [5, 5.41) is 6.77. The number of nitrogens with zero attached hydrogens (tertiary/aromatic N) is 2. The zero-order valence-corrected chi connectivity index (χ0v) is 15.3. The van der Waals surface area contributed by atoms with Gasteiger partial charge >= 0.3 is 5.69 Å². The zero-order valence-electron chi connectivity index (χ0n) is 13.7. The molecule has 2 N–H and O–H groups in total. The van der Waals surface area contributed by atoms with Crippen molar-refractivity contribution < 1.29 is 8.42 Å². The average molecular weight is 385 g/mol. The Hall–Kier alpha value is -1.64. The number of sulfonamides is 1. The van der Waals surface area contributed by atoms with E-state index in [2.05, 4.69) is 15.2 Å². The van der Waals surface area contributed by atoms with E-state index in [1.165, 1.54) is 5.56 Å². The molecular weight excluding hydrogens is 364 g/mol. The van der Waals surface area contributed by atoms with Gasteiger partial charge in [-0.25, -0.2) is 22.6 Å². The first-order chi connectivity index (χ1) is 11.9. The van der Waals surface area contributed by atoms with Crippen LogP contribution in [0.1, 0.15) is 36.6 Å². The second kappa shape index (κ2) is 7.72. The number of hydrogen-bond donors (Lipinski definition) is 2. The molecule has 0 unspecified atom stereocenters. The average Bonchev–Trinajstić information content (AvgIpc) is 3.01. The van der Waals surface area contributed by atoms with Gasteiger partial charge in [0, 0.05) is 24.5 Å². The number of H-pyrrole nitrogens is 2. The lowest BCUT2D eigenvalue weighted by Crippen LogP contribution is -2.39. The van der Waals surface area contributed by atoms with Gasteiger partial charge in [-0.3, -0.25) is 4.98 Å². The normalized spacial score (nSPS) is 17.0. The Bertz CT molecular complexity index is 852. The Kier molecular flexibility index (Phi) is 5.61. The summed E-state index contributed by atoms with van der Waals surface area (Å²) in [5.74, 6) is 0.924. The molecule has 0 atom stereocenters. The molecule has 1 aliphatic heterocycles. The second-order valence-corrected chi connectivity index (χ2v) is 8.79. The van der Waals surface area contributed by atoms with Gasteiger partial charge in [-0.1, -0.05) is 23.7 Å². The van der Waals surface area contributed by atoms with Crippen LogP contribution in [-0.4, -0.2) is 46.7 Å². The van der Waals surface area contributed by atoms with Crippen molar-refractivity contribution >= 4 is 21.6 Å². The summed E-state index contributed by atoms with van der Waals surface area (Å²) in [6.45, 7) is 1.07. The van der Waals surface area contributed by atoms with Crippen LogP contribution in [0.4, 0.5) is 0 Å². The molecular formula is C16H21ClN4O3S. The lowest BCUT2D eigenvalue weighted by molar-refractivity contribution is 0.319. The highest BCUT2D eigenvalue weighted by atomic mass is 35.5. The number of hydrogen-bond acceptors (Lipinski definition) is 4. The van der Waals surface area contributed by atoms with Crippen LogP contribution >= 0.6 is 11.6 Å². The van der Waals surface area contributed by atoms with Crippen molar-refractivity contribution in [3.05, 3.63) is 51.2 Å². The zero-order chi connectivity index (χ0) is 17.9. The van der Waals surface area contributed by atoms with Gasteiger partial charge in [-0.05, 0) is 42.9 Å². The van der Waals surface area contributed by atoms with Crippen molar-refractivity contribution in [2.24, 2.45) is 0 Å². The minimum atomic E-state index is -3.28. The van der Waals surface area contributed by atoms with Crippen molar-refractivity contribution in [2.45, 2.75) is 31.6 Å². The summed E-state index contributed by atoms with van der Waals surface area (Å²) in [7, 11) is -3.28. The molecule has 0 saturated carbocycles. The van der Waals surface area contributed by atoms with Crippen molar-refractivity contribution in [1.29, 1.82) is 0 Å². The maximum Gasteiger partial charge on any atom is 0.340 e. The van der Waals surface area contributed by atoms with Crippen molar-refractivity contribution in [3.8, 4) is 0 Å². The van der Waals surface area contributed by atoms with E-state index in [0.29, 0.717) is 42.7 Å². The molecule has 2 aromatic rings. The van der Waals surface area contributed by atoms with E-state index in [1.807, 2.05) is 24.3 Å². The Balaban J connectivity index is 1.50. The van der Waals surface area contributed by atoms with Gasteiger partial charge in [0.2, 0.25) is 10.0 Å². The van der Waals surface area contributed by atoms with Gasteiger partial charge in [-0.2, -0.15) is 5.10 Å². The van der Waals surface area contributed by atoms with Gasteiger partial charge in [0.15, 0.2) is 0 Å². The van der Waals surface area contributed by atoms with Crippen molar-refractivity contribution in [1.82, 2.24) is 19.5 Å². The van der Waals surface area contributed by atoms with Crippen LogP contribution in [0.25, 0.3) is 0 Å². The first-order valence-corrected chi connectivity index (χ1v) is 10.3. The molecule has 1 aliphatic rings. The molecule has 2 heterocycles. The predicted octanol–water partition coefficient (Wildman–Crippen LogP) is 1.89. The number of aromatic nitrogens is 3. The number of aryl methyl sites for hydroxylation is 1. The smallest absolute Gasteiger partial charge is 0.293 e. The highest BCUT2D eigenvalue weighted by Gasteiger charge is 2.28. The molecule has 1 aromatic carbocycles. The minimum Gasteiger partial charge on any atom is -0.293 e.